The SMILES string of the molecule is COc1ccccc1C[C@H](C)NC(=O)Cn1ccc2ccc(-c3c(C)noc3C)nc21. The van der Waals surface area contributed by atoms with E-state index in [4.69, 9.17) is 14.2 Å². The van der Waals surface area contributed by atoms with Gasteiger partial charge in [-0.15, -0.1) is 0 Å². The maximum atomic E-state index is 12.7. The highest BCUT2D eigenvalue weighted by Gasteiger charge is 2.16. The molecule has 160 valence electrons. The van der Waals surface area contributed by atoms with Gasteiger partial charge < -0.3 is 19.1 Å². The van der Waals surface area contributed by atoms with Crippen LogP contribution in [0.1, 0.15) is 23.9 Å². The Kier molecular flexibility index (Phi) is 5.75. The number of para-hydroxylation sites is 1. The molecular formula is C24H26N4O3. The van der Waals surface area contributed by atoms with Crippen LogP contribution in [-0.4, -0.2) is 33.8 Å². The van der Waals surface area contributed by atoms with Gasteiger partial charge in [-0.2, -0.15) is 0 Å². The zero-order chi connectivity index (χ0) is 22.0. The molecule has 3 heterocycles. The predicted octanol–water partition coefficient (Wildman–Crippen LogP) is 4.06. The van der Waals surface area contributed by atoms with Gasteiger partial charge in [0.15, 0.2) is 0 Å². The van der Waals surface area contributed by atoms with E-state index in [1.165, 1.54) is 0 Å². The molecule has 0 saturated heterocycles. The topological polar surface area (TPSA) is 82.2 Å². The van der Waals surface area contributed by atoms with E-state index >= 15 is 0 Å². The Morgan fingerprint density at radius 1 is 1.19 bits per heavy atom. The van der Waals surface area contributed by atoms with Crippen molar-refractivity contribution in [3.05, 3.63) is 65.7 Å². The molecule has 0 radical (unpaired) electrons. The Bertz CT molecular complexity index is 1210. The molecule has 0 aliphatic rings. The van der Waals surface area contributed by atoms with Crippen LogP contribution in [0.3, 0.4) is 0 Å². The van der Waals surface area contributed by atoms with Crippen LogP contribution in [0.15, 0.2) is 53.2 Å². The first kappa shape index (κ1) is 20.7. The number of rotatable bonds is 7. The molecule has 0 fully saturated rings. The predicted molar refractivity (Wildman–Crippen MR) is 119 cm³/mol. The van der Waals surface area contributed by atoms with Crippen LogP contribution in [0.4, 0.5) is 0 Å². The summed E-state index contributed by atoms with van der Waals surface area (Å²) < 4.78 is 12.5. The maximum absolute atomic E-state index is 12.7. The lowest BCUT2D eigenvalue weighted by molar-refractivity contribution is -0.122. The second-order valence-electron chi connectivity index (χ2n) is 7.74. The standard InChI is InChI=1S/C24H26N4O3/c1-15(13-19-7-5-6-8-21(19)30-4)25-22(29)14-28-12-11-18-9-10-20(26-24(18)28)23-16(2)27-31-17(23)3/h5-12,15H,13-14H2,1-4H3,(H,25,29)/t15-/m0/s1. The van der Waals surface area contributed by atoms with Crippen molar-refractivity contribution >= 4 is 16.9 Å². The molecule has 0 aliphatic heterocycles. The number of methoxy groups -OCH3 is 1. The van der Waals surface area contributed by atoms with Crippen molar-refractivity contribution in [3.63, 3.8) is 0 Å². The van der Waals surface area contributed by atoms with Crippen molar-refractivity contribution < 1.29 is 14.1 Å². The normalized spacial score (nSPS) is 12.1. The smallest absolute Gasteiger partial charge is 0.240 e. The third-order valence-electron chi connectivity index (χ3n) is 5.34. The number of ether oxygens (including phenoxy) is 1. The fraction of sp³-hybridized carbons (Fsp3) is 0.292. The number of carbonyl (C=O) groups is 1. The Hall–Kier alpha value is -3.61. The van der Waals surface area contributed by atoms with Gasteiger partial charge in [0.25, 0.3) is 0 Å². The quantitative estimate of drug-likeness (QED) is 0.489. The minimum atomic E-state index is -0.0653. The van der Waals surface area contributed by atoms with E-state index in [-0.39, 0.29) is 18.5 Å². The molecule has 0 saturated carbocycles. The molecule has 0 aliphatic carbocycles. The van der Waals surface area contributed by atoms with Crippen molar-refractivity contribution in [2.24, 2.45) is 0 Å². The van der Waals surface area contributed by atoms with Crippen LogP contribution in [0.5, 0.6) is 5.75 Å². The summed E-state index contributed by atoms with van der Waals surface area (Å²) >= 11 is 0. The van der Waals surface area contributed by atoms with E-state index in [1.54, 1.807) is 7.11 Å². The number of benzene rings is 1. The highest BCUT2D eigenvalue weighted by Crippen LogP contribution is 2.27. The summed E-state index contributed by atoms with van der Waals surface area (Å²) in [6, 6.07) is 13.7. The zero-order valence-electron chi connectivity index (χ0n) is 18.2. The molecule has 0 bridgehead atoms. The molecule has 4 aromatic rings. The van der Waals surface area contributed by atoms with E-state index in [2.05, 4.69) is 10.5 Å². The molecule has 4 rings (SSSR count). The number of hydrogen-bond donors (Lipinski definition) is 1. The summed E-state index contributed by atoms with van der Waals surface area (Å²) in [7, 11) is 1.66. The second kappa shape index (κ2) is 8.63. The number of hydrogen-bond acceptors (Lipinski definition) is 5. The average molecular weight is 418 g/mol. The van der Waals surface area contributed by atoms with Gasteiger partial charge in [-0.3, -0.25) is 4.79 Å². The maximum Gasteiger partial charge on any atom is 0.240 e. The molecule has 0 spiro atoms. The van der Waals surface area contributed by atoms with Gasteiger partial charge in [0.05, 0.1) is 24.1 Å². The third kappa shape index (κ3) is 4.30. The van der Waals surface area contributed by atoms with Crippen molar-refractivity contribution in [2.75, 3.05) is 7.11 Å². The van der Waals surface area contributed by atoms with Crippen LogP contribution in [0.25, 0.3) is 22.3 Å². The number of amides is 1. The zero-order valence-corrected chi connectivity index (χ0v) is 18.2. The van der Waals surface area contributed by atoms with Crippen molar-refractivity contribution in [1.29, 1.82) is 0 Å². The number of fused-ring (bicyclic) bond motifs is 1. The van der Waals surface area contributed by atoms with Gasteiger partial charge in [0.1, 0.15) is 23.7 Å². The summed E-state index contributed by atoms with van der Waals surface area (Å²) in [5.41, 5.74) is 4.29. The third-order valence-corrected chi connectivity index (χ3v) is 5.34. The minimum absolute atomic E-state index is 0.0311. The fourth-order valence-corrected chi connectivity index (χ4v) is 3.90. The van der Waals surface area contributed by atoms with Crippen LogP contribution < -0.4 is 10.1 Å². The van der Waals surface area contributed by atoms with Crippen molar-refractivity contribution in [2.45, 2.75) is 39.8 Å². The van der Waals surface area contributed by atoms with E-state index in [9.17, 15) is 4.79 Å². The average Bonchev–Trinajstić information content (AvgIpc) is 3.30. The van der Waals surface area contributed by atoms with Gasteiger partial charge in [-0.25, -0.2) is 4.98 Å². The molecular weight excluding hydrogens is 392 g/mol. The highest BCUT2D eigenvalue weighted by molar-refractivity contribution is 5.83. The minimum Gasteiger partial charge on any atom is -0.496 e. The number of nitrogens with one attached hydrogen (secondary N) is 1. The first-order chi connectivity index (χ1) is 15.0. The molecule has 31 heavy (non-hydrogen) atoms. The largest absolute Gasteiger partial charge is 0.496 e. The lowest BCUT2D eigenvalue weighted by atomic mass is 10.1. The van der Waals surface area contributed by atoms with Gasteiger partial charge in [-0.1, -0.05) is 23.4 Å². The Morgan fingerprint density at radius 3 is 2.74 bits per heavy atom. The Balaban J connectivity index is 1.49. The van der Waals surface area contributed by atoms with Crippen molar-refractivity contribution in [3.8, 4) is 17.0 Å². The molecule has 1 aromatic carbocycles. The molecule has 1 amide bonds. The van der Waals surface area contributed by atoms with E-state index in [0.717, 1.165) is 45.1 Å². The Labute approximate surface area is 181 Å². The highest BCUT2D eigenvalue weighted by atomic mass is 16.5. The number of pyridine rings is 1. The van der Waals surface area contributed by atoms with Crippen LogP contribution in [0.2, 0.25) is 0 Å². The summed E-state index contributed by atoms with van der Waals surface area (Å²) in [5.74, 6) is 1.49. The molecule has 7 heteroatoms. The number of nitrogens with zero attached hydrogens (tertiary/aromatic N) is 3. The van der Waals surface area contributed by atoms with Crippen LogP contribution >= 0.6 is 0 Å². The first-order valence-corrected chi connectivity index (χ1v) is 10.3. The fourth-order valence-electron chi connectivity index (χ4n) is 3.90. The molecule has 7 nitrogen and oxygen atoms in total. The summed E-state index contributed by atoms with van der Waals surface area (Å²) in [5, 5.41) is 8.07. The second-order valence-corrected chi connectivity index (χ2v) is 7.74. The van der Waals surface area contributed by atoms with Crippen molar-refractivity contribution in [1.82, 2.24) is 20.0 Å². The molecule has 3 aromatic heterocycles. The molecule has 1 atom stereocenters. The lowest BCUT2D eigenvalue weighted by Crippen LogP contribution is -2.36. The Morgan fingerprint density at radius 2 is 2.00 bits per heavy atom. The summed E-state index contributed by atoms with van der Waals surface area (Å²) in [6.45, 7) is 5.95. The van der Waals surface area contributed by atoms with E-state index in [1.807, 2.05) is 74.0 Å². The van der Waals surface area contributed by atoms with E-state index in [0.29, 0.717) is 6.42 Å². The summed E-state index contributed by atoms with van der Waals surface area (Å²) in [4.78, 5) is 17.5. The number of aromatic nitrogens is 3. The molecule has 1 N–H and O–H groups in total. The van der Waals surface area contributed by atoms with Gasteiger partial charge in [-0.05, 0) is 57.0 Å². The van der Waals surface area contributed by atoms with Gasteiger partial charge in [0, 0.05) is 17.6 Å². The first-order valence-electron chi connectivity index (χ1n) is 10.3. The monoisotopic (exact) mass is 418 g/mol. The van der Waals surface area contributed by atoms with Gasteiger partial charge >= 0.3 is 0 Å². The molecule has 0 unspecified atom stereocenters. The lowest BCUT2D eigenvalue weighted by Gasteiger charge is -2.16. The van der Waals surface area contributed by atoms with Crippen LogP contribution in [-0.2, 0) is 17.8 Å². The number of aryl methyl sites for hydroxylation is 2. The van der Waals surface area contributed by atoms with E-state index < -0.39 is 0 Å². The van der Waals surface area contributed by atoms with Crippen LogP contribution in [0, 0.1) is 13.8 Å². The van der Waals surface area contributed by atoms with Gasteiger partial charge in [0.2, 0.25) is 5.91 Å². The number of carbonyl (C=O) groups excluding carboxylic acids is 1. The summed E-state index contributed by atoms with van der Waals surface area (Å²) in [6.07, 6.45) is 2.58.